The van der Waals surface area contributed by atoms with E-state index in [-0.39, 0.29) is 24.2 Å². The number of amides is 2. The number of nitrogens with one attached hydrogen (secondary N) is 1. The zero-order valence-corrected chi connectivity index (χ0v) is 14.9. The summed E-state index contributed by atoms with van der Waals surface area (Å²) in [6.07, 6.45) is 0.984. The monoisotopic (exact) mass is 358 g/mol. The fourth-order valence-corrected chi connectivity index (χ4v) is 4.02. The predicted molar refractivity (Wildman–Crippen MR) is 91.5 cm³/mol. The molecule has 2 aromatic rings. The van der Waals surface area contributed by atoms with Crippen LogP contribution < -0.4 is 5.32 Å². The highest BCUT2D eigenvalue weighted by atomic mass is 16.3. The molecule has 0 radical (unpaired) electrons. The van der Waals surface area contributed by atoms with Gasteiger partial charge in [0, 0.05) is 31.0 Å². The fourth-order valence-electron chi connectivity index (χ4n) is 4.02. The SMILES string of the molecule is Cc1cc(C)n2nc(C(=O)N3CC[C@H](O)[C@@]4(CCCNC4=O)C3)nc2n1. The number of carbonyl (C=O) groups is 2. The number of fused-ring (bicyclic) bond motifs is 1. The summed E-state index contributed by atoms with van der Waals surface area (Å²) in [5.74, 6) is -0.0657. The lowest BCUT2D eigenvalue weighted by molar-refractivity contribution is -0.147. The standard InChI is InChI=1S/C17H22N6O3/c1-10-8-11(2)23-16(19-10)20-13(21-23)14(25)22-7-4-12(24)17(9-22)5-3-6-18-15(17)26/h8,12,24H,3-7,9H2,1-2H3,(H,18,26)/t12-,17+/m0/s1. The van der Waals surface area contributed by atoms with E-state index < -0.39 is 11.5 Å². The van der Waals surface area contributed by atoms with Crippen molar-refractivity contribution in [1.29, 1.82) is 0 Å². The maximum absolute atomic E-state index is 13.0. The first-order chi connectivity index (χ1) is 12.4. The van der Waals surface area contributed by atoms with Crippen molar-refractivity contribution in [2.75, 3.05) is 19.6 Å². The molecule has 4 rings (SSSR count). The second-order valence-corrected chi connectivity index (χ2v) is 7.23. The molecule has 2 N–H and O–H groups in total. The van der Waals surface area contributed by atoms with Crippen LogP contribution in [0.2, 0.25) is 0 Å². The third-order valence-corrected chi connectivity index (χ3v) is 5.42. The highest BCUT2D eigenvalue weighted by Crippen LogP contribution is 2.37. The summed E-state index contributed by atoms with van der Waals surface area (Å²) in [5.41, 5.74) is 0.715. The Morgan fingerprint density at radius 2 is 2.19 bits per heavy atom. The molecule has 4 heterocycles. The van der Waals surface area contributed by atoms with E-state index in [1.165, 1.54) is 0 Å². The summed E-state index contributed by atoms with van der Waals surface area (Å²) < 4.78 is 1.54. The third-order valence-electron chi connectivity index (χ3n) is 5.42. The Bertz CT molecular complexity index is 894. The Labute approximate surface area is 150 Å². The molecule has 1 spiro atoms. The summed E-state index contributed by atoms with van der Waals surface area (Å²) in [5, 5.41) is 17.6. The van der Waals surface area contributed by atoms with Gasteiger partial charge in [-0.3, -0.25) is 9.59 Å². The molecule has 0 aromatic carbocycles. The molecule has 2 atom stereocenters. The van der Waals surface area contributed by atoms with Gasteiger partial charge in [-0.25, -0.2) is 9.50 Å². The third kappa shape index (κ3) is 2.54. The van der Waals surface area contributed by atoms with Crippen molar-refractivity contribution < 1.29 is 14.7 Å². The van der Waals surface area contributed by atoms with Crippen LogP contribution in [0.4, 0.5) is 0 Å². The zero-order chi connectivity index (χ0) is 18.5. The minimum Gasteiger partial charge on any atom is -0.392 e. The fraction of sp³-hybridized carbons (Fsp3) is 0.588. The quantitative estimate of drug-likeness (QED) is 0.733. The second kappa shape index (κ2) is 6.01. The van der Waals surface area contributed by atoms with E-state index in [0.29, 0.717) is 31.7 Å². The van der Waals surface area contributed by atoms with Gasteiger partial charge in [0.05, 0.1) is 11.5 Å². The van der Waals surface area contributed by atoms with Crippen molar-refractivity contribution in [3.8, 4) is 0 Å². The molecule has 0 bridgehead atoms. The Morgan fingerprint density at radius 3 is 2.96 bits per heavy atom. The minimum atomic E-state index is -0.934. The van der Waals surface area contributed by atoms with Gasteiger partial charge in [0.2, 0.25) is 11.7 Å². The highest BCUT2D eigenvalue weighted by Gasteiger charge is 2.51. The van der Waals surface area contributed by atoms with Crippen LogP contribution in [0.25, 0.3) is 5.78 Å². The lowest BCUT2D eigenvalue weighted by Gasteiger charge is -2.46. The number of hydrogen-bond acceptors (Lipinski definition) is 6. The highest BCUT2D eigenvalue weighted by molar-refractivity contribution is 5.92. The lowest BCUT2D eigenvalue weighted by Crippen LogP contribution is -2.62. The molecule has 2 aliphatic rings. The topological polar surface area (TPSA) is 113 Å². The number of carbonyl (C=O) groups excluding carboxylic acids is 2. The Hall–Kier alpha value is -2.55. The predicted octanol–water partition coefficient (Wildman–Crippen LogP) is -0.156. The summed E-state index contributed by atoms with van der Waals surface area (Å²) in [6, 6.07) is 1.87. The van der Waals surface area contributed by atoms with Crippen molar-refractivity contribution >= 4 is 17.6 Å². The van der Waals surface area contributed by atoms with E-state index in [9.17, 15) is 14.7 Å². The van der Waals surface area contributed by atoms with E-state index in [4.69, 9.17) is 0 Å². The number of aromatic nitrogens is 4. The van der Waals surface area contributed by atoms with E-state index in [1.807, 2.05) is 19.9 Å². The maximum atomic E-state index is 13.0. The van der Waals surface area contributed by atoms with Gasteiger partial charge >= 0.3 is 0 Å². The number of piperidine rings is 2. The number of nitrogens with zero attached hydrogens (tertiary/aromatic N) is 5. The molecule has 2 amide bonds. The van der Waals surface area contributed by atoms with Gasteiger partial charge in [-0.15, -0.1) is 5.10 Å². The minimum absolute atomic E-state index is 0.0638. The van der Waals surface area contributed by atoms with Gasteiger partial charge in [0.25, 0.3) is 11.7 Å². The molecule has 26 heavy (non-hydrogen) atoms. The Morgan fingerprint density at radius 1 is 1.38 bits per heavy atom. The van der Waals surface area contributed by atoms with Crippen molar-refractivity contribution in [1.82, 2.24) is 29.8 Å². The molecular weight excluding hydrogens is 336 g/mol. The summed E-state index contributed by atoms with van der Waals surface area (Å²) in [4.78, 5) is 35.6. The van der Waals surface area contributed by atoms with Gasteiger partial charge in [0.15, 0.2) is 0 Å². The van der Waals surface area contributed by atoms with Gasteiger partial charge in [-0.05, 0) is 39.2 Å². The largest absolute Gasteiger partial charge is 0.392 e. The van der Waals surface area contributed by atoms with E-state index >= 15 is 0 Å². The Kier molecular flexibility index (Phi) is 3.91. The molecule has 0 aliphatic carbocycles. The molecule has 9 heteroatoms. The van der Waals surface area contributed by atoms with E-state index in [2.05, 4.69) is 20.4 Å². The molecule has 2 aromatic heterocycles. The first-order valence-corrected chi connectivity index (χ1v) is 8.87. The van der Waals surface area contributed by atoms with Crippen LogP contribution in [0, 0.1) is 19.3 Å². The van der Waals surface area contributed by atoms with Crippen molar-refractivity contribution in [3.05, 3.63) is 23.3 Å². The lowest BCUT2D eigenvalue weighted by atomic mass is 9.71. The van der Waals surface area contributed by atoms with Crippen LogP contribution in [0.5, 0.6) is 0 Å². The van der Waals surface area contributed by atoms with Crippen LogP contribution >= 0.6 is 0 Å². The molecule has 2 saturated heterocycles. The Balaban J connectivity index is 1.64. The molecule has 9 nitrogen and oxygen atoms in total. The number of aryl methyl sites for hydroxylation is 2. The van der Waals surface area contributed by atoms with Crippen LogP contribution in [0.15, 0.2) is 6.07 Å². The van der Waals surface area contributed by atoms with E-state index in [1.54, 1.807) is 9.42 Å². The van der Waals surface area contributed by atoms with Crippen LogP contribution in [0.3, 0.4) is 0 Å². The second-order valence-electron chi connectivity index (χ2n) is 7.23. The van der Waals surface area contributed by atoms with Gasteiger partial charge in [-0.1, -0.05) is 0 Å². The van der Waals surface area contributed by atoms with Gasteiger partial charge in [0.1, 0.15) is 0 Å². The zero-order valence-electron chi connectivity index (χ0n) is 14.9. The average Bonchev–Trinajstić information content (AvgIpc) is 3.03. The van der Waals surface area contributed by atoms with Crippen LogP contribution in [-0.4, -0.2) is 67.1 Å². The molecule has 0 unspecified atom stereocenters. The van der Waals surface area contributed by atoms with Crippen molar-refractivity contribution in [3.63, 3.8) is 0 Å². The summed E-state index contributed by atoms with van der Waals surface area (Å²) in [7, 11) is 0. The van der Waals surface area contributed by atoms with Crippen LogP contribution in [0.1, 0.15) is 41.3 Å². The smallest absolute Gasteiger partial charge is 0.293 e. The summed E-state index contributed by atoms with van der Waals surface area (Å²) >= 11 is 0. The number of aliphatic hydroxyl groups is 1. The molecule has 2 fully saturated rings. The van der Waals surface area contributed by atoms with Crippen molar-refractivity contribution in [2.24, 2.45) is 5.41 Å². The number of rotatable bonds is 1. The van der Waals surface area contributed by atoms with Crippen molar-refractivity contribution in [2.45, 2.75) is 39.2 Å². The van der Waals surface area contributed by atoms with Gasteiger partial charge in [-0.2, -0.15) is 4.98 Å². The normalized spacial score (nSPS) is 26.3. The van der Waals surface area contributed by atoms with Crippen LogP contribution in [-0.2, 0) is 4.79 Å². The first kappa shape index (κ1) is 16.9. The average molecular weight is 358 g/mol. The number of likely N-dealkylation sites (tertiary alicyclic amines) is 1. The maximum Gasteiger partial charge on any atom is 0.293 e. The summed E-state index contributed by atoms with van der Waals surface area (Å²) in [6.45, 7) is 4.90. The molecule has 0 saturated carbocycles. The van der Waals surface area contributed by atoms with E-state index in [0.717, 1.165) is 17.8 Å². The van der Waals surface area contributed by atoms with Gasteiger partial charge < -0.3 is 15.3 Å². The molecule has 138 valence electrons. The number of hydrogen-bond donors (Lipinski definition) is 2. The first-order valence-electron chi connectivity index (χ1n) is 8.87. The molecular formula is C17H22N6O3. The number of aliphatic hydroxyl groups excluding tert-OH is 1. The molecule has 2 aliphatic heterocycles.